The summed E-state index contributed by atoms with van der Waals surface area (Å²) in [6, 6.07) is -0.227. The molecule has 0 aromatic rings. The van der Waals surface area contributed by atoms with E-state index in [4.69, 9.17) is 23.8 Å². The zero-order chi connectivity index (χ0) is 36.8. The average Bonchev–Trinajstić information content (AvgIpc) is 3.06. The SMILES string of the molecule is CC[C@H]1OC(=O)[C@H](C)[C@@H](O)[C@H](C)[C@@H](O[C@@H]2O[C@H](C)C[C@H](N(C)C)[C@H]2O)[C@](C)(OC)C[C@@H](C)/C(=N\OCC2CCCCC2)[C@H](C)[C@@H](O)[C@]1(C)O. The minimum Gasteiger partial charge on any atom is -0.459 e. The highest BCUT2D eigenvalue weighted by molar-refractivity contribution is 5.88. The monoisotopic (exact) mass is 700 g/mol. The number of rotatable bonds is 8. The van der Waals surface area contributed by atoms with Crippen LogP contribution in [0.5, 0.6) is 0 Å². The normalized spacial score (nSPS) is 44.8. The van der Waals surface area contributed by atoms with Crippen LogP contribution in [-0.4, -0.2) is 125 Å². The Hall–Kier alpha value is -1.38. The maximum atomic E-state index is 13.6. The van der Waals surface area contributed by atoms with Crippen molar-refractivity contribution in [2.24, 2.45) is 34.7 Å². The molecule has 14 atom stereocenters. The second kappa shape index (κ2) is 17.9. The van der Waals surface area contributed by atoms with Crippen LogP contribution < -0.4 is 0 Å². The number of hydrogen-bond donors (Lipinski definition) is 4. The summed E-state index contributed by atoms with van der Waals surface area (Å²) >= 11 is 0. The molecule has 12 heteroatoms. The van der Waals surface area contributed by atoms with Gasteiger partial charge in [0.15, 0.2) is 6.29 Å². The van der Waals surface area contributed by atoms with Gasteiger partial charge >= 0.3 is 5.97 Å². The van der Waals surface area contributed by atoms with Gasteiger partial charge in [-0.05, 0) is 79.8 Å². The molecule has 1 saturated carbocycles. The maximum Gasteiger partial charge on any atom is 0.311 e. The first kappa shape index (κ1) is 42.0. The summed E-state index contributed by atoms with van der Waals surface area (Å²) in [7, 11) is 5.37. The van der Waals surface area contributed by atoms with Crippen LogP contribution in [0.15, 0.2) is 5.16 Å². The lowest BCUT2D eigenvalue weighted by molar-refractivity contribution is -0.301. The van der Waals surface area contributed by atoms with Gasteiger partial charge in [0.1, 0.15) is 24.4 Å². The summed E-state index contributed by atoms with van der Waals surface area (Å²) in [5, 5.41) is 51.3. The number of cyclic esters (lactones) is 1. The zero-order valence-electron chi connectivity index (χ0n) is 32.0. The second-order valence-corrected chi connectivity index (χ2v) is 16.0. The third-order valence-corrected chi connectivity index (χ3v) is 11.8. The van der Waals surface area contributed by atoms with Crippen LogP contribution in [0.25, 0.3) is 0 Å². The van der Waals surface area contributed by atoms with E-state index in [1.54, 1.807) is 34.8 Å². The van der Waals surface area contributed by atoms with E-state index in [0.29, 0.717) is 31.1 Å². The van der Waals surface area contributed by atoms with Crippen LogP contribution in [0.3, 0.4) is 0 Å². The Morgan fingerprint density at radius 1 is 0.980 bits per heavy atom. The van der Waals surface area contributed by atoms with Gasteiger partial charge in [-0.25, -0.2) is 0 Å². The Balaban J connectivity index is 2.10. The predicted molar refractivity (Wildman–Crippen MR) is 187 cm³/mol. The molecule has 2 aliphatic heterocycles. The molecule has 0 radical (unpaired) electrons. The molecule has 0 bridgehead atoms. The molecule has 286 valence electrons. The molecule has 4 N–H and O–H groups in total. The van der Waals surface area contributed by atoms with Crippen LogP contribution >= 0.6 is 0 Å². The molecule has 0 unspecified atom stereocenters. The summed E-state index contributed by atoms with van der Waals surface area (Å²) in [5.74, 6) is -3.09. The molecule has 0 aromatic heterocycles. The summed E-state index contributed by atoms with van der Waals surface area (Å²) < 4.78 is 25.0. The molecule has 49 heavy (non-hydrogen) atoms. The van der Waals surface area contributed by atoms with Gasteiger partial charge in [-0.1, -0.05) is 52.1 Å². The molecule has 2 saturated heterocycles. The average molecular weight is 701 g/mol. The lowest BCUT2D eigenvalue weighted by Gasteiger charge is -2.48. The number of ether oxygens (including phenoxy) is 4. The molecule has 2 heterocycles. The first-order chi connectivity index (χ1) is 22.9. The molecule has 0 amide bonds. The largest absolute Gasteiger partial charge is 0.459 e. The number of esters is 1. The molecule has 3 rings (SSSR count). The highest BCUT2D eigenvalue weighted by atomic mass is 16.7. The fraction of sp³-hybridized carbons (Fsp3) is 0.946. The van der Waals surface area contributed by atoms with Gasteiger partial charge in [0.25, 0.3) is 0 Å². The van der Waals surface area contributed by atoms with E-state index in [0.717, 1.165) is 12.8 Å². The van der Waals surface area contributed by atoms with E-state index in [1.807, 2.05) is 39.8 Å². The van der Waals surface area contributed by atoms with E-state index < -0.39 is 71.7 Å². The molecule has 3 aliphatic rings. The Labute approximate surface area is 294 Å². The van der Waals surface area contributed by atoms with Crippen LogP contribution in [0, 0.1) is 29.6 Å². The van der Waals surface area contributed by atoms with Crippen molar-refractivity contribution in [3.8, 4) is 0 Å². The summed E-state index contributed by atoms with van der Waals surface area (Å²) in [6.07, 6.45) is 0.0817. The van der Waals surface area contributed by atoms with Gasteiger partial charge in [-0.2, -0.15) is 0 Å². The lowest BCUT2D eigenvalue weighted by atomic mass is 9.73. The van der Waals surface area contributed by atoms with E-state index in [1.165, 1.54) is 26.2 Å². The first-order valence-electron chi connectivity index (χ1n) is 18.6. The van der Waals surface area contributed by atoms with Crippen molar-refractivity contribution in [2.45, 2.75) is 167 Å². The molecular weight excluding hydrogens is 632 g/mol. The predicted octanol–water partition coefficient (Wildman–Crippen LogP) is 3.90. The summed E-state index contributed by atoms with van der Waals surface area (Å²) in [4.78, 5) is 21.5. The number of methoxy groups -OCH3 is 1. The van der Waals surface area contributed by atoms with E-state index >= 15 is 0 Å². The van der Waals surface area contributed by atoms with Gasteiger partial charge in [-0.15, -0.1) is 0 Å². The number of carbonyl (C=O) groups is 1. The van der Waals surface area contributed by atoms with Crippen molar-refractivity contribution in [3.05, 3.63) is 0 Å². The molecule has 0 aromatic carbocycles. The number of oxime groups is 1. The van der Waals surface area contributed by atoms with Gasteiger partial charge in [0, 0.05) is 30.9 Å². The topological polar surface area (TPSA) is 160 Å². The third kappa shape index (κ3) is 9.94. The lowest BCUT2D eigenvalue weighted by Crippen LogP contribution is -2.60. The van der Waals surface area contributed by atoms with Crippen LogP contribution in [0.4, 0.5) is 0 Å². The van der Waals surface area contributed by atoms with Gasteiger partial charge in [0.2, 0.25) is 0 Å². The van der Waals surface area contributed by atoms with Crippen LogP contribution in [0.2, 0.25) is 0 Å². The van der Waals surface area contributed by atoms with Crippen molar-refractivity contribution < 1.29 is 49.0 Å². The number of likely N-dealkylation sites (N-methyl/N-ethyl adjacent to an activating group) is 1. The molecule has 1 aliphatic carbocycles. The Morgan fingerprint density at radius 2 is 1.61 bits per heavy atom. The quantitative estimate of drug-likeness (QED) is 0.215. The van der Waals surface area contributed by atoms with Crippen molar-refractivity contribution in [3.63, 3.8) is 0 Å². The zero-order valence-corrected chi connectivity index (χ0v) is 32.0. The van der Waals surface area contributed by atoms with E-state index in [9.17, 15) is 25.2 Å². The fourth-order valence-electron chi connectivity index (χ4n) is 8.34. The Bertz CT molecular complexity index is 1070. The van der Waals surface area contributed by atoms with Crippen molar-refractivity contribution in [2.75, 3.05) is 27.8 Å². The van der Waals surface area contributed by atoms with Gasteiger partial charge < -0.3 is 49.1 Å². The van der Waals surface area contributed by atoms with E-state index in [2.05, 4.69) is 5.16 Å². The first-order valence-corrected chi connectivity index (χ1v) is 18.6. The molecule has 0 spiro atoms. The van der Waals surface area contributed by atoms with Crippen molar-refractivity contribution >= 4 is 11.7 Å². The number of hydrogen-bond acceptors (Lipinski definition) is 12. The minimum atomic E-state index is -1.83. The van der Waals surface area contributed by atoms with Crippen LogP contribution in [0.1, 0.15) is 107 Å². The second-order valence-electron chi connectivity index (χ2n) is 16.0. The molecular formula is C37H68N2O10. The number of nitrogens with zero attached hydrogens (tertiary/aromatic N) is 2. The summed E-state index contributed by atoms with van der Waals surface area (Å²) in [5.41, 5.74) is -2.42. The minimum absolute atomic E-state index is 0.206. The maximum absolute atomic E-state index is 13.6. The standard InChI is InChI=1S/C37H68N2O10/c1-12-28-37(8,44)32(42)23(4)29(38-46-20-26-16-14-13-15-17-26)21(2)19-36(7,45-11)33(24(5)30(40)25(6)34(43)48-28)49-35-31(41)27(39(9)10)18-22(3)47-35/h21-28,30-33,35,40-42,44H,12-20H2,1-11H3/b38-29+/t21-,22-,23+,24+,25-,27+,28-,30+,31-,32-,33-,35+,36-,37-/m1/s1. The Kier molecular flexibility index (Phi) is 15.4. The van der Waals surface area contributed by atoms with Gasteiger partial charge in [-0.3, -0.25) is 4.79 Å². The smallest absolute Gasteiger partial charge is 0.311 e. The highest BCUT2D eigenvalue weighted by Crippen LogP contribution is 2.39. The molecule has 3 fully saturated rings. The van der Waals surface area contributed by atoms with Gasteiger partial charge in [0.05, 0.1) is 41.6 Å². The van der Waals surface area contributed by atoms with Crippen LogP contribution in [-0.2, 0) is 28.6 Å². The number of carbonyl (C=O) groups excluding carboxylic acids is 1. The van der Waals surface area contributed by atoms with Crippen molar-refractivity contribution in [1.82, 2.24) is 4.90 Å². The Morgan fingerprint density at radius 3 is 2.18 bits per heavy atom. The van der Waals surface area contributed by atoms with Crippen molar-refractivity contribution in [1.29, 1.82) is 0 Å². The molecule has 12 nitrogen and oxygen atoms in total. The third-order valence-electron chi connectivity index (χ3n) is 11.8. The summed E-state index contributed by atoms with van der Waals surface area (Å²) in [6.45, 7) is 14.6. The number of aliphatic hydroxyl groups excluding tert-OH is 3. The fourth-order valence-corrected chi connectivity index (χ4v) is 8.34. The number of aliphatic hydroxyl groups is 4. The van der Waals surface area contributed by atoms with E-state index in [-0.39, 0.29) is 24.5 Å². The highest BCUT2D eigenvalue weighted by Gasteiger charge is 2.51.